The van der Waals surface area contributed by atoms with Gasteiger partial charge in [-0.1, -0.05) is 13.8 Å². The maximum absolute atomic E-state index is 14.0. The Labute approximate surface area is 257 Å². The van der Waals surface area contributed by atoms with Crippen molar-refractivity contribution in [2.24, 2.45) is 0 Å². The highest BCUT2D eigenvalue weighted by atomic mass is 19.4. The molecular formula is C28H38F3N7O7. The van der Waals surface area contributed by atoms with Gasteiger partial charge in [0.1, 0.15) is 29.6 Å². The van der Waals surface area contributed by atoms with Gasteiger partial charge in [-0.3, -0.25) is 24.0 Å². The van der Waals surface area contributed by atoms with E-state index in [0.29, 0.717) is 18.7 Å². The molecule has 2 aliphatic rings. The lowest BCUT2D eigenvalue weighted by Gasteiger charge is -2.29. The fourth-order valence-electron chi connectivity index (χ4n) is 5.05. The molecule has 14 nitrogen and oxygen atoms in total. The zero-order valence-corrected chi connectivity index (χ0v) is 25.0. The number of hydrogen-bond acceptors (Lipinski definition) is 8. The predicted octanol–water partition coefficient (Wildman–Crippen LogP) is 0.776. The molecule has 0 aromatic carbocycles. The van der Waals surface area contributed by atoms with Crippen molar-refractivity contribution < 1.29 is 47.0 Å². The first-order valence-corrected chi connectivity index (χ1v) is 14.7. The Hall–Kier alpha value is -4.31. The number of carboxylic acids is 1. The molecule has 45 heavy (non-hydrogen) atoms. The van der Waals surface area contributed by atoms with Gasteiger partial charge in [-0.15, -0.1) is 0 Å². The minimum Gasteiger partial charge on any atom is -0.480 e. The molecule has 1 aromatic heterocycles. The van der Waals surface area contributed by atoms with Crippen molar-refractivity contribution in [3.05, 3.63) is 23.8 Å². The second kappa shape index (κ2) is 15.6. The summed E-state index contributed by atoms with van der Waals surface area (Å²) in [5.74, 6) is -4.75. The fourth-order valence-corrected chi connectivity index (χ4v) is 5.05. The lowest BCUT2D eigenvalue weighted by atomic mass is 10.1. The van der Waals surface area contributed by atoms with E-state index in [0.717, 1.165) is 4.90 Å². The molecule has 17 heteroatoms. The van der Waals surface area contributed by atoms with Crippen LogP contribution in [0.15, 0.2) is 12.3 Å². The van der Waals surface area contributed by atoms with E-state index in [9.17, 15) is 47.0 Å². The summed E-state index contributed by atoms with van der Waals surface area (Å²) in [6, 6.07) is -3.55. The number of halogens is 3. The molecule has 2 fully saturated rings. The number of fused-ring (bicyclic) bond motifs is 1. The Bertz CT molecular complexity index is 1280. The third-order valence-corrected chi connectivity index (χ3v) is 7.43. The maximum Gasteiger partial charge on any atom is 0.389 e. The van der Waals surface area contributed by atoms with E-state index in [4.69, 9.17) is 0 Å². The van der Waals surface area contributed by atoms with Gasteiger partial charge in [0.2, 0.25) is 23.6 Å². The maximum atomic E-state index is 14.0. The highest BCUT2D eigenvalue weighted by molar-refractivity contribution is 5.98. The van der Waals surface area contributed by atoms with Gasteiger partial charge in [0.25, 0.3) is 5.91 Å². The topological polar surface area (TPSA) is 200 Å². The average molecular weight is 642 g/mol. The summed E-state index contributed by atoms with van der Waals surface area (Å²) in [6.07, 6.45) is -5.15. The number of carboxylic acid groups (broad SMARTS) is 1. The summed E-state index contributed by atoms with van der Waals surface area (Å²) in [5.41, 5.74) is -0.000487. The van der Waals surface area contributed by atoms with Crippen LogP contribution in [0.1, 0.15) is 87.4 Å². The van der Waals surface area contributed by atoms with E-state index in [-0.39, 0.29) is 50.4 Å². The van der Waals surface area contributed by atoms with Crippen LogP contribution >= 0.6 is 0 Å². The van der Waals surface area contributed by atoms with Gasteiger partial charge in [-0.05, 0) is 38.2 Å². The molecule has 0 radical (unpaired) electrons. The number of nitrogens with zero attached hydrogens (tertiary/aromatic N) is 3. The molecule has 2 saturated heterocycles. The second-order valence-corrected chi connectivity index (χ2v) is 11.4. The molecule has 0 aliphatic carbocycles. The Morgan fingerprint density at radius 3 is 2.53 bits per heavy atom. The zero-order valence-electron chi connectivity index (χ0n) is 25.0. The van der Waals surface area contributed by atoms with Gasteiger partial charge in [0.05, 0.1) is 6.42 Å². The van der Waals surface area contributed by atoms with Crippen LogP contribution in [-0.4, -0.2) is 98.9 Å². The molecule has 1 aromatic rings. The summed E-state index contributed by atoms with van der Waals surface area (Å²) in [7, 11) is 0. The first-order valence-electron chi connectivity index (χ1n) is 14.7. The van der Waals surface area contributed by atoms with Crippen molar-refractivity contribution in [3.63, 3.8) is 0 Å². The summed E-state index contributed by atoms with van der Waals surface area (Å²) in [6.45, 7) is 3.62. The Morgan fingerprint density at radius 1 is 1.13 bits per heavy atom. The number of alkyl halides is 3. The average Bonchev–Trinajstić information content (AvgIpc) is 3.39. The van der Waals surface area contributed by atoms with E-state index < -0.39 is 78.7 Å². The third kappa shape index (κ3) is 10.7. The standard InChI is InChI=1S/C28H38F3N7O7/c1-15(2)23-33-12-9-17(35-23)24(41)36-18-5-3-4-11-32-21(39)7-6-19(27(44)45)37-25(42)20-13-16(14-38(20)26(18)43)34-22(40)8-10-28(29,30)31/h9,12,15-16,18-20H,3-8,10-11,13-14H2,1-2H3,(H,32,39)(H,34,40)(H,36,41)(H,37,42)(H,44,45)/t16-,18+,19+,20+/m1/s1. The Kier molecular flexibility index (Phi) is 12.2. The van der Waals surface area contributed by atoms with Crippen LogP contribution < -0.4 is 21.3 Å². The van der Waals surface area contributed by atoms with Gasteiger partial charge < -0.3 is 31.3 Å². The highest BCUT2D eigenvalue weighted by Crippen LogP contribution is 2.24. The summed E-state index contributed by atoms with van der Waals surface area (Å²) in [5, 5.41) is 19.7. The second-order valence-electron chi connectivity index (χ2n) is 11.4. The zero-order chi connectivity index (χ0) is 33.3. The van der Waals surface area contributed by atoms with Crippen LogP contribution in [0.4, 0.5) is 13.2 Å². The fraction of sp³-hybridized carbons (Fsp3) is 0.643. The largest absolute Gasteiger partial charge is 0.480 e. The van der Waals surface area contributed by atoms with Crippen molar-refractivity contribution in [1.82, 2.24) is 36.1 Å². The minimum atomic E-state index is -4.56. The first-order chi connectivity index (χ1) is 21.1. The van der Waals surface area contributed by atoms with Gasteiger partial charge in [-0.25, -0.2) is 14.8 Å². The van der Waals surface area contributed by atoms with Crippen LogP contribution in [0.3, 0.4) is 0 Å². The number of carbonyl (C=O) groups is 6. The highest BCUT2D eigenvalue weighted by Gasteiger charge is 2.43. The van der Waals surface area contributed by atoms with Crippen molar-refractivity contribution in [3.8, 4) is 0 Å². The monoisotopic (exact) mass is 641 g/mol. The van der Waals surface area contributed by atoms with E-state index in [1.807, 2.05) is 13.8 Å². The first kappa shape index (κ1) is 35.2. The molecule has 0 unspecified atom stereocenters. The van der Waals surface area contributed by atoms with Crippen molar-refractivity contribution in [1.29, 1.82) is 0 Å². The molecule has 0 bridgehead atoms. The summed E-state index contributed by atoms with van der Waals surface area (Å²) in [4.78, 5) is 86.4. The van der Waals surface area contributed by atoms with Crippen LogP contribution in [-0.2, 0) is 24.0 Å². The lowest BCUT2D eigenvalue weighted by molar-refractivity contribution is -0.144. The Balaban J connectivity index is 1.90. The van der Waals surface area contributed by atoms with Crippen molar-refractivity contribution >= 4 is 35.5 Å². The molecule has 3 rings (SSSR count). The van der Waals surface area contributed by atoms with E-state index in [1.54, 1.807) is 0 Å². The number of aromatic nitrogens is 2. The number of rotatable bonds is 7. The van der Waals surface area contributed by atoms with E-state index >= 15 is 0 Å². The molecule has 3 heterocycles. The number of aliphatic carboxylic acids is 1. The minimum absolute atomic E-state index is 0.000487. The quantitative estimate of drug-likeness (QED) is 0.285. The number of amides is 5. The van der Waals surface area contributed by atoms with E-state index in [2.05, 4.69) is 31.2 Å². The van der Waals surface area contributed by atoms with Crippen molar-refractivity contribution in [2.45, 2.75) is 101 Å². The van der Waals surface area contributed by atoms with Gasteiger partial charge >= 0.3 is 12.1 Å². The third-order valence-electron chi connectivity index (χ3n) is 7.43. The van der Waals surface area contributed by atoms with Gasteiger partial charge in [0, 0.05) is 44.1 Å². The summed E-state index contributed by atoms with van der Waals surface area (Å²) < 4.78 is 37.9. The number of nitrogens with one attached hydrogen (secondary N) is 4. The summed E-state index contributed by atoms with van der Waals surface area (Å²) >= 11 is 0. The molecule has 5 amide bonds. The molecule has 248 valence electrons. The normalized spacial score (nSPS) is 23.7. The smallest absolute Gasteiger partial charge is 0.389 e. The SMILES string of the molecule is CC(C)c1nccc(C(=O)N[C@H]2CCCCNC(=O)CC[C@@H](C(=O)O)NC(=O)[C@@H]3C[C@@H](NC(=O)CCC(F)(F)F)CN3C2=O)n1. The molecule has 0 spiro atoms. The molecule has 0 saturated carbocycles. The lowest BCUT2D eigenvalue weighted by Crippen LogP contribution is -2.55. The van der Waals surface area contributed by atoms with Gasteiger partial charge in [0.15, 0.2) is 0 Å². The predicted molar refractivity (Wildman–Crippen MR) is 150 cm³/mol. The Morgan fingerprint density at radius 2 is 1.87 bits per heavy atom. The van der Waals surface area contributed by atoms with Crippen LogP contribution in [0.25, 0.3) is 0 Å². The molecule has 2 aliphatic heterocycles. The van der Waals surface area contributed by atoms with Crippen LogP contribution in [0, 0.1) is 0 Å². The molecular weight excluding hydrogens is 603 g/mol. The van der Waals surface area contributed by atoms with E-state index in [1.165, 1.54) is 12.3 Å². The molecule has 4 atom stereocenters. The van der Waals surface area contributed by atoms with Crippen LogP contribution in [0.2, 0.25) is 0 Å². The number of hydrogen-bond donors (Lipinski definition) is 5. The van der Waals surface area contributed by atoms with Gasteiger partial charge in [-0.2, -0.15) is 13.2 Å². The van der Waals surface area contributed by atoms with Crippen molar-refractivity contribution in [2.75, 3.05) is 13.1 Å². The molecule has 5 N–H and O–H groups in total. The van der Waals surface area contributed by atoms with Crippen LogP contribution in [0.5, 0.6) is 0 Å². The number of carbonyl (C=O) groups excluding carboxylic acids is 5.